The summed E-state index contributed by atoms with van der Waals surface area (Å²) in [6.07, 6.45) is 3.21. The molecular weight excluding hydrogens is 348 g/mol. The first-order chi connectivity index (χ1) is 12.6. The maximum Gasteiger partial charge on any atom is 0.251 e. The maximum atomic E-state index is 12.5. The van der Waals surface area contributed by atoms with Gasteiger partial charge < -0.3 is 19.7 Å². The number of hydrogen-bond donors (Lipinski definition) is 1. The number of ether oxygens (including phenoxy) is 2. The molecule has 0 spiro atoms. The van der Waals surface area contributed by atoms with Gasteiger partial charge in [0.05, 0.1) is 7.11 Å². The number of amides is 1. The smallest absolute Gasteiger partial charge is 0.251 e. The first-order valence-electron chi connectivity index (χ1n) is 9.54. The van der Waals surface area contributed by atoms with E-state index in [2.05, 4.69) is 24.1 Å². The van der Waals surface area contributed by atoms with Gasteiger partial charge in [-0.3, -0.25) is 4.79 Å². The van der Waals surface area contributed by atoms with Crippen LogP contribution in [0.1, 0.15) is 43.5 Å². The Kier molecular flexibility index (Phi) is 6.70. The number of carbonyl (C=O) groups excluding carboxylic acids is 1. The van der Waals surface area contributed by atoms with Gasteiger partial charge in [-0.25, -0.2) is 0 Å². The zero-order valence-corrected chi connectivity index (χ0v) is 16.8. The highest BCUT2D eigenvalue weighted by Crippen LogP contribution is 2.31. The summed E-state index contributed by atoms with van der Waals surface area (Å²) in [7, 11) is 1.64. The Hall–Kier alpha value is -1.40. The van der Waals surface area contributed by atoms with Crippen LogP contribution in [0.5, 0.6) is 11.5 Å². The van der Waals surface area contributed by atoms with Crippen molar-refractivity contribution >= 4 is 17.7 Å². The average molecular weight is 379 g/mol. The summed E-state index contributed by atoms with van der Waals surface area (Å²) >= 11 is 1.89. The second-order valence-corrected chi connectivity index (χ2v) is 8.50. The van der Waals surface area contributed by atoms with Crippen molar-refractivity contribution in [3.63, 3.8) is 0 Å². The first kappa shape index (κ1) is 19.4. The normalized spacial score (nSPS) is 21.8. The summed E-state index contributed by atoms with van der Waals surface area (Å²) < 4.78 is 11.7. The number of likely N-dealkylation sites (tertiary alicyclic amines) is 1. The number of carbonyl (C=O) groups is 1. The Bertz CT molecular complexity index is 609. The molecule has 0 saturated carbocycles. The van der Waals surface area contributed by atoms with Crippen molar-refractivity contribution in [2.75, 3.05) is 31.7 Å². The van der Waals surface area contributed by atoms with E-state index < -0.39 is 0 Å². The molecule has 3 rings (SSSR count). The molecule has 0 bridgehead atoms. The third-order valence-corrected chi connectivity index (χ3v) is 6.35. The summed E-state index contributed by atoms with van der Waals surface area (Å²) in [5.74, 6) is 3.45. The van der Waals surface area contributed by atoms with Gasteiger partial charge in [0, 0.05) is 36.5 Å². The van der Waals surface area contributed by atoms with Crippen LogP contribution in [0.15, 0.2) is 18.2 Å². The molecule has 1 unspecified atom stereocenters. The van der Waals surface area contributed by atoms with Crippen LogP contribution in [0, 0.1) is 0 Å². The second kappa shape index (κ2) is 9.00. The fourth-order valence-electron chi connectivity index (χ4n) is 3.52. The molecule has 5 nitrogen and oxygen atoms in total. The van der Waals surface area contributed by atoms with E-state index in [1.165, 1.54) is 0 Å². The van der Waals surface area contributed by atoms with E-state index >= 15 is 0 Å². The van der Waals surface area contributed by atoms with Gasteiger partial charge >= 0.3 is 0 Å². The van der Waals surface area contributed by atoms with E-state index in [-0.39, 0.29) is 18.1 Å². The lowest BCUT2D eigenvalue weighted by Gasteiger charge is -2.34. The largest absolute Gasteiger partial charge is 0.493 e. The van der Waals surface area contributed by atoms with E-state index in [1.54, 1.807) is 7.11 Å². The standard InChI is InChI=1S/C20H30N2O3S/c1-14(2)22-9-6-17(7-10-22)25-19-12-15(4-5-18(19)24-3)20(23)21-16-8-11-26-13-16/h4-5,12,14,16-17H,6-11,13H2,1-3H3,(H,21,23). The number of hydrogen-bond acceptors (Lipinski definition) is 5. The Morgan fingerprint density at radius 2 is 2.00 bits per heavy atom. The Morgan fingerprint density at radius 1 is 1.23 bits per heavy atom. The van der Waals surface area contributed by atoms with Crippen molar-refractivity contribution in [1.82, 2.24) is 10.2 Å². The van der Waals surface area contributed by atoms with Gasteiger partial charge in [0.2, 0.25) is 0 Å². The first-order valence-corrected chi connectivity index (χ1v) is 10.7. The number of rotatable bonds is 6. The van der Waals surface area contributed by atoms with Crippen LogP contribution in [0.2, 0.25) is 0 Å². The Morgan fingerprint density at radius 3 is 2.62 bits per heavy atom. The summed E-state index contributed by atoms with van der Waals surface area (Å²) in [5.41, 5.74) is 0.636. The zero-order valence-electron chi connectivity index (χ0n) is 16.0. The lowest BCUT2D eigenvalue weighted by Crippen LogP contribution is -2.41. The summed E-state index contributed by atoms with van der Waals surface area (Å²) in [4.78, 5) is 15.0. The third-order valence-electron chi connectivity index (χ3n) is 5.19. The molecule has 1 amide bonds. The molecule has 2 saturated heterocycles. The molecule has 2 aliphatic heterocycles. The summed E-state index contributed by atoms with van der Waals surface area (Å²) in [6, 6.07) is 6.32. The molecule has 1 N–H and O–H groups in total. The molecule has 2 aliphatic rings. The molecule has 1 aromatic carbocycles. The van der Waals surface area contributed by atoms with Gasteiger partial charge in [-0.1, -0.05) is 0 Å². The average Bonchev–Trinajstić information content (AvgIpc) is 3.15. The highest BCUT2D eigenvalue weighted by molar-refractivity contribution is 7.99. The van der Waals surface area contributed by atoms with Crippen LogP contribution in [0.25, 0.3) is 0 Å². The molecule has 0 radical (unpaired) electrons. The topological polar surface area (TPSA) is 50.8 Å². The predicted molar refractivity (Wildman–Crippen MR) is 107 cm³/mol. The highest BCUT2D eigenvalue weighted by Gasteiger charge is 2.24. The van der Waals surface area contributed by atoms with Gasteiger partial charge in [0.15, 0.2) is 11.5 Å². The van der Waals surface area contributed by atoms with Crippen molar-refractivity contribution in [3.05, 3.63) is 23.8 Å². The van der Waals surface area contributed by atoms with E-state index in [9.17, 15) is 4.79 Å². The van der Waals surface area contributed by atoms with Gasteiger partial charge in [0.25, 0.3) is 5.91 Å². The number of nitrogens with zero attached hydrogens (tertiary/aromatic N) is 1. The summed E-state index contributed by atoms with van der Waals surface area (Å²) in [6.45, 7) is 6.55. The van der Waals surface area contributed by atoms with E-state index in [0.717, 1.165) is 43.9 Å². The Labute approximate surface area is 160 Å². The molecule has 0 aromatic heterocycles. The number of nitrogens with one attached hydrogen (secondary N) is 1. The van der Waals surface area contributed by atoms with Gasteiger partial charge in [-0.15, -0.1) is 0 Å². The van der Waals surface area contributed by atoms with Gasteiger partial charge in [0.1, 0.15) is 6.10 Å². The van der Waals surface area contributed by atoms with Crippen molar-refractivity contribution < 1.29 is 14.3 Å². The summed E-state index contributed by atoms with van der Waals surface area (Å²) in [5, 5.41) is 3.12. The van der Waals surface area contributed by atoms with Crippen LogP contribution < -0.4 is 14.8 Å². The molecule has 1 atom stereocenters. The molecule has 0 aliphatic carbocycles. The molecule has 26 heavy (non-hydrogen) atoms. The molecule has 2 fully saturated rings. The van der Waals surface area contributed by atoms with Crippen LogP contribution in [-0.4, -0.2) is 60.7 Å². The highest BCUT2D eigenvalue weighted by atomic mass is 32.2. The molecule has 144 valence electrons. The monoisotopic (exact) mass is 378 g/mol. The SMILES string of the molecule is COc1ccc(C(=O)NC2CCSC2)cc1OC1CCN(C(C)C)CC1. The van der Waals surface area contributed by atoms with Gasteiger partial charge in [-0.05, 0) is 57.1 Å². The van der Waals surface area contributed by atoms with Crippen LogP contribution >= 0.6 is 11.8 Å². The predicted octanol–water partition coefficient (Wildman–Crippen LogP) is 3.18. The van der Waals surface area contributed by atoms with Crippen LogP contribution in [-0.2, 0) is 0 Å². The van der Waals surface area contributed by atoms with E-state index in [1.807, 2.05) is 30.0 Å². The number of piperidine rings is 1. The molecule has 6 heteroatoms. The minimum absolute atomic E-state index is 0.0281. The zero-order chi connectivity index (χ0) is 18.5. The quantitative estimate of drug-likeness (QED) is 0.824. The lowest BCUT2D eigenvalue weighted by molar-refractivity contribution is 0.0818. The minimum Gasteiger partial charge on any atom is -0.493 e. The lowest BCUT2D eigenvalue weighted by atomic mass is 10.1. The number of methoxy groups -OCH3 is 1. The fraction of sp³-hybridized carbons (Fsp3) is 0.650. The number of thioether (sulfide) groups is 1. The Balaban J connectivity index is 1.65. The van der Waals surface area contributed by atoms with Crippen LogP contribution in [0.3, 0.4) is 0 Å². The maximum absolute atomic E-state index is 12.5. The molecule has 1 aromatic rings. The van der Waals surface area contributed by atoms with Crippen LogP contribution in [0.4, 0.5) is 0 Å². The minimum atomic E-state index is -0.0281. The second-order valence-electron chi connectivity index (χ2n) is 7.35. The third kappa shape index (κ3) is 4.86. The van der Waals surface area contributed by atoms with Crippen molar-refractivity contribution in [2.24, 2.45) is 0 Å². The van der Waals surface area contributed by atoms with Crippen molar-refractivity contribution in [2.45, 2.75) is 51.3 Å². The van der Waals surface area contributed by atoms with Crippen molar-refractivity contribution in [3.8, 4) is 11.5 Å². The molecular formula is C20H30N2O3S. The molecule has 2 heterocycles. The van der Waals surface area contributed by atoms with Crippen molar-refractivity contribution in [1.29, 1.82) is 0 Å². The fourth-order valence-corrected chi connectivity index (χ4v) is 4.67. The van der Waals surface area contributed by atoms with E-state index in [4.69, 9.17) is 9.47 Å². The number of benzene rings is 1. The van der Waals surface area contributed by atoms with Gasteiger partial charge in [-0.2, -0.15) is 11.8 Å². The van der Waals surface area contributed by atoms with E-state index in [0.29, 0.717) is 23.1 Å².